The smallest absolute Gasteiger partial charge is 0.191 e. The summed E-state index contributed by atoms with van der Waals surface area (Å²) in [6.45, 7) is 2.68. The second kappa shape index (κ2) is 5.49. The van der Waals surface area contributed by atoms with Gasteiger partial charge in [0.05, 0.1) is 13.3 Å². The third-order valence-electron chi connectivity index (χ3n) is 3.16. The number of nitrogens with zero attached hydrogens (tertiary/aromatic N) is 4. The lowest BCUT2D eigenvalue weighted by Crippen LogP contribution is -2.37. The molecule has 0 aromatic heterocycles. The van der Waals surface area contributed by atoms with Crippen LogP contribution in [0.2, 0.25) is 0 Å². The molecule has 2 aliphatic heterocycles. The highest BCUT2D eigenvalue weighted by Gasteiger charge is 2.32. The SMILES string of the molecule is CN1C=CN(CCCC(Cl)(Cl)N2C=CN(C)C2)C1. The molecule has 0 aromatic carbocycles. The quantitative estimate of drug-likeness (QED) is 0.569. The van der Waals surface area contributed by atoms with Crippen molar-refractivity contribution in [2.45, 2.75) is 17.3 Å². The minimum Gasteiger partial charge on any atom is -0.362 e. The van der Waals surface area contributed by atoms with Gasteiger partial charge in [-0.3, -0.25) is 0 Å². The van der Waals surface area contributed by atoms with E-state index in [1.54, 1.807) is 0 Å². The lowest BCUT2D eigenvalue weighted by Gasteiger charge is -2.32. The number of hydrogen-bond acceptors (Lipinski definition) is 4. The van der Waals surface area contributed by atoms with Crippen molar-refractivity contribution in [3.05, 3.63) is 24.8 Å². The predicted octanol–water partition coefficient (Wildman–Crippen LogP) is 2.25. The van der Waals surface area contributed by atoms with E-state index in [1.165, 1.54) is 0 Å². The Balaban J connectivity index is 1.72. The highest BCUT2D eigenvalue weighted by molar-refractivity contribution is 6.48. The molecule has 0 saturated carbocycles. The maximum Gasteiger partial charge on any atom is 0.191 e. The maximum atomic E-state index is 6.39. The van der Waals surface area contributed by atoms with Crippen LogP contribution in [0.25, 0.3) is 0 Å². The Morgan fingerprint density at radius 2 is 1.67 bits per heavy atom. The van der Waals surface area contributed by atoms with Gasteiger partial charge in [-0.2, -0.15) is 0 Å². The average Bonchev–Trinajstić information content (AvgIpc) is 2.88. The minimum atomic E-state index is -0.809. The van der Waals surface area contributed by atoms with Crippen LogP contribution in [0, 0.1) is 0 Å². The summed E-state index contributed by atoms with van der Waals surface area (Å²) in [6.07, 6.45) is 9.84. The summed E-state index contributed by atoms with van der Waals surface area (Å²) in [6, 6.07) is 0. The van der Waals surface area contributed by atoms with Crippen molar-refractivity contribution in [1.29, 1.82) is 0 Å². The van der Waals surface area contributed by atoms with Gasteiger partial charge >= 0.3 is 0 Å². The third kappa shape index (κ3) is 3.39. The van der Waals surface area contributed by atoms with Crippen LogP contribution in [0.4, 0.5) is 0 Å². The molecule has 2 heterocycles. The van der Waals surface area contributed by atoms with Crippen LogP contribution in [-0.2, 0) is 0 Å². The van der Waals surface area contributed by atoms with E-state index in [4.69, 9.17) is 23.2 Å². The van der Waals surface area contributed by atoms with Crippen LogP contribution >= 0.6 is 23.2 Å². The van der Waals surface area contributed by atoms with Gasteiger partial charge in [-0.05, 0) is 6.42 Å². The van der Waals surface area contributed by atoms with Gasteiger partial charge in [0.15, 0.2) is 4.46 Å². The molecule has 0 fully saturated rings. The average molecular weight is 291 g/mol. The molecule has 0 amide bonds. The normalized spacial score (nSPS) is 19.6. The second-order valence-corrected chi connectivity index (χ2v) is 6.39. The Hall–Kier alpha value is -0.740. The fourth-order valence-electron chi connectivity index (χ4n) is 2.11. The Kier molecular flexibility index (Phi) is 4.17. The predicted molar refractivity (Wildman–Crippen MR) is 75.8 cm³/mol. The molecule has 0 aliphatic carbocycles. The van der Waals surface area contributed by atoms with E-state index in [1.807, 2.05) is 24.3 Å². The molecular formula is C12H20Cl2N4. The molecule has 0 atom stereocenters. The summed E-state index contributed by atoms with van der Waals surface area (Å²) in [5, 5.41) is 0. The fraction of sp³-hybridized carbons (Fsp3) is 0.667. The highest BCUT2D eigenvalue weighted by atomic mass is 35.5. The van der Waals surface area contributed by atoms with Gasteiger partial charge in [0.1, 0.15) is 0 Å². The summed E-state index contributed by atoms with van der Waals surface area (Å²) >= 11 is 12.8. The molecule has 4 nitrogen and oxygen atoms in total. The van der Waals surface area contributed by atoms with Gasteiger partial charge in [-0.1, -0.05) is 23.2 Å². The zero-order valence-corrected chi connectivity index (χ0v) is 12.4. The Labute approximate surface area is 119 Å². The van der Waals surface area contributed by atoms with Gasteiger partial charge < -0.3 is 19.6 Å². The number of alkyl halides is 2. The minimum absolute atomic E-state index is 0.749. The van der Waals surface area contributed by atoms with Crippen molar-refractivity contribution in [3.63, 3.8) is 0 Å². The van der Waals surface area contributed by atoms with Crippen LogP contribution < -0.4 is 0 Å². The van der Waals surface area contributed by atoms with Crippen molar-refractivity contribution in [3.8, 4) is 0 Å². The molecule has 18 heavy (non-hydrogen) atoms. The molecule has 2 aliphatic rings. The fourth-order valence-corrected chi connectivity index (χ4v) is 2.60. The molecule has 2 rings (SSSR count). The third-order valence-corrected chi connectivity index (χ3v) is 3.97. The summed E-state index contributed by atoms with van der Waals surface area (Å²) in [5.74, 6) is 0. The van der Waals surface area contributed by atoms with Crippen LogP contribution in [-0.4, -0.2) is 58.0 Å². The first kappa shape index (κ1) is 13.7. The maximum absolute atomic E-state index is 6.39. The molecule has 0 bridgehead atoms. The molecule has 0 radical (unpaired) electrons. The molecule has 0 aromatic rings. The molecule has 0 saturated heterocycles. The first-order valence-electron chi connectivity index (χ1n) is 6.13. The Morgan fingerprint density at radius 1 is 1.00 bits per heavy atom. The van der Waals surface area contributed by atoms with Crippen molar-refractivity contribution in [2.24, 2.45) is 0 Å². The number of hydrogen-bond donors (Lipinski definition) is 0. The van der Waals surface area contributed by atoms with Crippen molar-refractivity contribution in [1.82, 2.24) is 19.6 Å². The second-order valence-electron chi connectivity index (χ2n) is 4.94. The lowest BCUT2D eigenvalue weighted by molar-refractivity contribution is 0.232. The molecule has 0 unspecified atom stereocenters. The van der Waals surface area contributed by atoms with Crippen LogP contribution in [0.5, 0.6) is 0 Å². The summed E-state index contributed by atoms with van der Waals surface area (Å²) in [5.41, 5.74) is 0. The monoisotopic (exact) mass is 290 g/mol. The van der Waals surface area contributed by atoms with Crippen molar-refractivity contribution < 1.29 is 0 Å². The topological polar surface area (TPSA) is 13.0 Å². The highest BCUT2D eigenvalue weighted by Crippen LogP contribution is 2.33. The van der Waals surface area contributed by atoms with Crippen molar-refractivity contribution in [2.75, 3.05) is 34.0 Å². The van der Waals surface area contributed by atoms with Gasteiger partial charge in [0.2, 0.25) is 0 Å². The van der Waals surface area contributed by atoms with E-state index in [9.17, 15) is 0 Å². The van der Waals surface area contributed by atoms with E-state index in [-0.39, 0.29) is 0 Å². The van der Waals surface area contributed by atoms with Gasteiger partial charge in [-0.15, -0.1) is 0 Å². The van der Waals surface area contributed by atoms with E-state index in [2.05, 4.69) is 34.1 Å². The van der Waals surface area contributed by atoms with Crippen LogP contribution in [0.3, 0.4) is 0 Å². The molecule has 6 heteroatoms. The standard InChI is InChI=1S/C12H20Cl2N4/c1-15-6-8-17(10-15)5-3-4-12(13,14)18-9-7-16(2)11-18/h6-9H,3-5,10-11H2,1-2H3. The first-order valence-corrected chi connectivity index (χ1v) is 6.89. The van der Waals surface area contributed by atoms with E-state index in [0.29, 0.717) is 0 Å². The van der Waals surface area contributed by atoms with Gasteiger partial charge in [0, 0.05) is 51.9 Å². The van der Waals surface area contributed by atoms with Gasteiger partial charge in [0.25, 0.3) is 0 Å². The summed E-state index contributed by atoms with van der Waals surface area (Å²) < 4.78 is -0.809. The molecular weight excluding hydrogens is 271 g/mol. The summed E-state index contributed by atoms with van der Waals surface area (Å²) in [4.78, 5) is 8.42. The number of rotatable bonds is 5. The van der Waals surface area contributed by atoms with Crippen LogP contribution in [0.15, 0.2) is 24.8 Å². The van der Waals surface area contributed by atoms with E-state index < -0.39 is 4.46 Å². The zero-order chi connectivity index (χ0) is 13.2. The van der Waals surface area contributed by atoms with Crippen LogP contribution in [0.1, 0.15) is 12.8 Å². The number of halogens is 2. The zero-order valence-electron chi connectivity index (χ0n) is 10.9. The molecule has 102 valence electrons. The molecule has 0 spiro atoms. The Morgan fingerprint density at radius 3 is 2.22 bits per heavy atom. The van der Waals surface area contributed by atoms with Gasteiger partial charge in [-0.25, -0.2) is 0 Å². The lowest BCUT2D eigenvalue weighted by atomic mass is 10.3. The Bertz CT molecular complexity index is 343. The molecule has 0 N–H and O–H groups in total. The van der Waals surface area contributed by atoms with Crippen molar-refractivity contribution >= 4 is 23.2 Å². The summed E-state index contributed by atoms with van der Waals surface area (Å²) in [7, 11) is 4.07. The van der Waals surface area contributed by atoms with E-state index in [0.717, 1.165) is 32.7 Å². The van der Waals surface area contributed by atoms with E-state index >= 15 is 0 Å². The first-order chi connectivity index (χ1) is 8.47. The largest absolute Gasteiger partial charge is 0.362 e.